The fourth-order valence-corrected chi connectivity index (χ4v) is 3.34. The number of carboxylic acids is 1. The van der Waals surface area contributed by atoms with E-state index in [1.165, 1.54) is 49.6 Å². The van der Waals surface area contributed by atoms with Crippen molar-refractivity contribution in [1.29, 1.82) is 5.26 Å². The predicted octanol–water partition coefficient (Wildman–Crippen LogP) is 5.39. The zero-order valence-corrected chi connectivity index (χ0v) is 19.5. The second-order valence-corrected chi connectivity index (χ2v) is 7.63. The molecule has 1 amide bonds. The second-order valence-electron chi connectivity index (χ2n) is 7.63. The molecule has 0 fully saturated rings. The van der Waals surface area contributed by atoms with Gasteiger partial charge in [-0.25, -0.2) is 9.18 Å². The number of aromatic carboxylic acids is 1. The van der Waals surface area contributed by atoms with Crippen LogP contribution >= 0.6 is 0 Å². The third kappa shape index (κ3) is 6.58. The van der Waals surface area contributed by atoms with Crippen LogP contribution in [-0.2, 0) is 17.8 Å². The van der Waals surface area contributed by atoms with Gasteiger partial charge in [-0.3, -0.25) is 4.79 Å². The SMILES string of the molecule is C=CCc1cc(/C=C(\C#N)C(=O)Nc2ccc(F)cc2)cc(OC)c1OCc1ccc(C(=O)O)cc1. The largest absolute Gasteiger partial charge is 0.493 e. The number of allylic oxidation sites excluding steroid dienone is 1. The van der Waals surface area contributed by atoms with Crippen LogP contribution < -0.4 is 14.8 Å². The Morgan fingerprint density at radius 2 is 1.83 bits per heavy atom. The summed E-state index contributed by atoms with van der Waals surface area (Å²) in [4.78, 5) is 23.6. The lowest BCUT2D eigenvalue weighted by atomic mass is 10.0. The van der Waals surface area contributed by atoms with Crippen molar-refractivity contribution in [2.24, 2.45) is 0 Å². The van der Waals surface area contributed by atoms with Crippen LogP contribution in [0.15, 0.2) is 78.9 Å². The van der Waals surface area contributed by atoms with E-state index in [4.69, 9.17) is 14.6 Å². The Kier molecular flexibility index (Phi) is 8.57. The molecule has 8 heteroatoms. The standard InChI is InChI=1S/C28H23FN2O5/c1-3-4-21-13-19(14-22(16-30)27(32)31-24-11-9-23(29)10-12-24)15-25(35-2)26(21)36-17-18-5-7-20(8-6-18)28(33)34/h3,5-15H,1,4,17H2,2H3,(H,31,32)(H,33,34)/b22-14+. The van der Waals surface area contributed by atoms with Gasteiger partial charge in [0, 0.05) is 11.3 Å². The Morgan fingerprint density at radius 1 is 1.14 bits per heavy atom. The number of carboxylic acid groups (broad SMARTS) is 1. The molecule has 3 aromatic rings. The number of benzene rings is 3. The van der Waals surface area contributed by atoms with Gasteiger partial charge in [0.05, 0.1) is 12.7 Å². The molecule has 7 nitrogen and oxygen atoms in total. The minimum Gasteiger partial charge on any atom is -0.493 e. The van der Waals surface area contributed by atoms with Gasteiger partial charge in [0.15, 0.2) is 11.5 Å². The predicted molar refractivity (Wildman–Crippen MR) is 133 cm³/mol. The van der Waals surface area contributed by atoms with Crippen molar-refractivity contribution < 1.29 is 28.6 Å². The summed E-state index contributed by atoms with van der Waals surface area (Å²) in [5.41, 5.74) is 2.39. The number of carbonyl (C=O) groups excluding carboxylic acids is 1. The van der Waals surface area contributed by atoms with Crippen molar-refractivity contribution in [2.45, 2.75) is 13.0 Å². The minimum atomic E-state index is -1.01. The number of anilines is 1. The van der Waals surface area contributed by atoms with Crippen molar-refractivity contribution >= 4 is 23.6 Å². The lowest BCUT2D eigenvalue weighted by molar-refractivity contribution is -0.112. The molecule has 0 aliphatic rings. The quantitative estimate of drug-likeness (QED) is 0.226. The van der Waals surface area contributed by atoms with Crippen molar-refractivity contribution in [1.82, 2.24) is 0 Å². The number of halogens is 1. The fraction of sp³-hybridized carbons (Fsp3) is 0.107. The van der Waals surface area contributed by atoms with Crippen molar-refractivity contribution in [3.8, 4) is 17.6 Å². The van der Waals surface area contributed by atoms with E-state index in [0.29, 0.717) is 34.7 Å². The molecule has 0 spiro atoms. The third-order valence-corrected chi connectivity index (χ3v) is 5.10. The smallest absolute Gasteiger partial charge is 0.335 e. The highest BCUT2D eigenvalue weighted by Gasteiger charge is 2.15. The first-order valence-electron chi connectivity index (χ1n) is 10.8. The molecular weight excluding hydrogens is 463 g/mol. The Morgan fingerprint density at radius 3 is 2.42 bits per heavy atom. The number of hydrogen-bond acceptors (Lipinski definition) is 5. The average Bonchev–Trinajstić information content (AvgIpc) is 2.88. The highest BCUT2D eigenvalue weighted by Crippen LogP contribution is 2.35. The van der Waals surface area contributed by atoms with Gasteiger partial charge in [-0.1, -0.05) is 18.2 Å². The number of ether oxygens (including phenoxy) is 2. The van der Waals surface area contributed by atoms with Crippen molar-refractivity contribution in [3.05, 3.63) is 107 Å². The highest BCUT2D eigenvalue weighted by molar-refractivity contribution is 6.09. The molecule has 3 aromatic carbocycles. The maximum absolute atomic E-state index is 13.1. The fourth-order valence-electron chi connectivity index (χ4n) is 3.34. The van der Waals surface area contributed by atoms with Crippen LogP contribution in [-0.4, -0.2) is 24.1 Å². The minimum absolute atomic E-state index is 0.155. The van der Waals surface area contributed by atoms with Gasteiger partial charge in [-0.05, 0) is 72.2 Å². The summed E-state index contributed by atoms with van der Waals surface area (Å²) in [5, 5.41) is 21.2. The molecular formula is C28H23FN2O5. The number of amides is 1. The summed E-state index contributed by atoms with van der Waals surface area (Å²) in [6.45, 7) is 3.94. The first kappa shape index (κ1) is 25.7. The van der Waals surface area contributed by atoms with E-state index in [2.05, 4.69) is 11.9 Å². The summed E-state index contributed by atoms with van der Waals surface area (Å²) in [6, 6.07) is 16.8. The van der Waals surface area contributed by atoms with Gasteiger partial charge < -0.3 is 19.9 Å². The molecule has 0 saturated heterocycles. The van der Waals surface area contributed by atoms with Crippen LogP contribution in [0.5, 0.6) is 11.5 Å². The zero-order valence-electron chi connectivity index (χ0n) is 19.5. The maximum Gasteiger partial charge on any atom is 0.335 e. The molecule has 0 aliphatic carbocycles. The summed E-state index contributed by atoms with van der Waals surface area (Å²) in [6.07, 6.45) is 3.53. The molecule has 0 unspecified atom stereocenters. The van der Waals surface area contributed by atoms with E-state index in [-0.39, 0.29) is 17.7 Å². The average molecular weight is 486 g/mol. The van der Waals surface area contributed by atoms with E-state index < -0.39 is 17.7 Å². The number of nitrogens with one attached hydrogen (secondary N) is 1. The molecule has 0 atom stereocenters. The van der Waals surface area contributed by atoms with Crippen LogP contribution in [0.25, 0.3) is 6.08 Å². The number of rotatable bonds is 10. The zero-order chi connectivity index (χ0) is 26.1. The van der Waals surface area contributed by atoms with Crippen LogP contribution in [0, 0.1) is 17.1 Å². The molecule has 3 rings (SSSR count). The van der Waals surface area contributed by atoms with Gasteiger partial charge >= 0.3 is 5.97 Å². The molecule has 0 saturated carbocycles. The van der Waals surface area contributed by atoms with Gasteiger partial charge in [-0.2, -0.15) is 5.26 Å². The summed E-state index contributed by atoms with van der Waals surface area (Å²) < 4.78 is 24.6. The summed E-state index contributed by atoms with van der Waals surface area (Å²) in [5.74, 6) is -1.24. The first-order chi connectivity index (χ1) is 17.3. The Hall–Kier alpha value is -4.90. The molecule has 0 aromatic heterocycles. The molecule has 0 heterocycles. The van der Waals surface area contributed by atoms with Crippen molar-refractivity contribution in [2.75, 3.05) is 12.4 Å². The Bertz CT molecular complexity index is 1340. The molecule has 0 aliphatic heterocycles. The molecule has 182 valence electrons. The van der Waals surface area contributed by atoms with E-state index in [1.54, 1.807) is 30.3 Å². The number of methoxy groups -OCH3 is 1. The summed E-state index contributed by atoms with van der Waals surface area (Å²) in [7, 11) is 1.47. The van der Waals surface area contributed by atoms with Crippen LogP contribution in [0.2, 0.25) is 0 Å². The number of hydrogen-bond donors (Lipinski definition) is 2. The normalized spacial score (nSPS) is 10.8. The molecule has 2 N–H and O–H groups in total. The van der Waals surface area contributed by atoms with Crippen LogP contribution in [0.4, 0.5) is 10.1 Å². The van der Waals surface area contributed by atoms with E-state index >= 15 is 0 Å². The molecule has 36 heavy (non-hydrogen) atoms. The maximum atomic E-state index is 13.1. The van der Waals surface area contributed by atoms with E-state index in [0.717, 1.165) is 5.56 Å². The lowest BCUT2D eigenvalue weighted by Gasteiger charge is -2.16. The van der Waals surface area contributed by atoms with Crippen LogP contribution in [0.1, 0.15) is 27.0 Å². The van der Waals surface area contributed by atoms with E-state index in [9.17, 15) is 19.2 Å². The number of nitriles is 1. The second kappa shape index (κ2) is 12.0. The van der Waals surface area contributed by atoms with Gasteiger partial charge in [-0.15, -0.1) is 6.58 Å². The highest BCUT2D eigenvalue weighted by atomic mass is 19.1. The van der Waals surface area contributed by atoms with Gasteiger partial charge in [0.25, 0.3) is 5.91 Å². The lowest BCUT2D eigenvalue weighted by Crippen LogP contribution is -2.13. The Balaban J connectivity index is 1.87. The van der Waals surface area contributed by atoms with Gasteiger partial charge in [0.1, 0.15) is 24.1 Å². The monoisotopic (exact) mass is 486 g/mol. The summed E-state index contributed by atoms with van der Waals surface area (Å²) >= 11 is 0. The van der Waals surface area contributed by atoms with Crippen molar-refractivity contribution in [3.63, 3.8) is 0 Å². The molecule has 0 bridgehead atoms. The topological polar surface area (TPSA) is 109 Å². The number of nitrogens with zero attached hydrogens (tertiary/aromatic N) is 1. The van der Waals surface area contributed by atoms with Crippen LogP contribution in [0.3, 0.4) is 0 Å². The number of carbonyl (C=O) groups is 2. The third-order valence-electron chi connectivity index (χ3n) is 5.10. The van der Waals surface area contributed by atoms with Gasteiger partial charge in [0.2, 0.25) is 0 Å². The molecule has 0 radical (unpaired) electrons. The van der Waals surface area contributed by atoms with E-state index in [1.807, 2.05) is 6.07 Å². The Labute approximate surface area is 207 Å². The first-order valence-corrected chi connectivity index (χ1v) is 10.8.